The molecule has 0 atom stereocenters. The van der Waals surface area contributed by atoms with Gasteiger partial charge in [-0.25, -0.2) is 0 Å². The van der Waals surface area contributed by atoms with E-state index in [4.69, 9.17) is 17.3 Å². The van der Waals surface area contributed by atoms with E-state index in [2.05, 4.69) is 22.0 Å². The van der Waals surface area contributed by atoms with Crippen molar-refractivity contribution in [1.29, 1.82) is 0 Å². The maximum absolute atomic E-state index is 12.0. The van der Waals surface area contributed by atoms with Crippen LogP contribution in [0, 0.1) is 0 Å². The number of hydrogen-bond acceptors (Lipinski definition) is 4. The number of carbonyl (C=O) groups excluding carboxylic acids is 1. The van der Waals surface area contributed by atoms with Crippen LogP contribution in [0.2, 0.25) is 5.02 Å². The van der Waals surface area contributed by atoms with Crippen molar-refractivity contribution in [2.45, 2.75) is 6.92 Å². The van der Waals surface area contributed by atoms with E-state index < -0.39 is 0 Å². The molecule has 0 bridgehead atoms. The van der Waals surface area contributed by atoms with Crippen LogP contribution < -0.4 is 11.1 Å². The summed E-state index contributed by atoms with van der Waals surface area (Å²) in [5.74, 6) is -0.0533. The summed E-state index contributed by atoms with van der Waals surface area (Å²) in [5, 5.41) is 3.32. The van der Waals surface area contributed by atoms with Crippen LogP contribution in [0.25, 0.3) is 0 Å². The Kier molecular flexibility index (Phi) is 5.23. The number of nitrogen functional groups attached to an aromatic ring is 1. The second kappa shape index (κ2) is 6.92. The van der Waals surface area contributed by atoms with Crippen molar-refractivity contribution >= 4 is 28.9 Å². The highest BCUT2D eigenvalue weighted by Gasteiger charge is 2.18. The van der Waals surface area contributed by atoms with Crippen LogP contribution in [0.5, 0.6) is 0 Å². The van der Waals surface area contributed by atoms with Crippen molar-refractivity contribution in [2.24, 2.45) is 0 Å². The number of nitrogens with zero attached hydrogens (tertiary/aromatic N) is 2. The largest absolute Gasteiger partial charge is 0.399 e. The average Bonchev–Trinajstić information content (AvgIpc) is 2.43. The number of amides is 1. The molecule has 1 fully saturated rings. The molecule has 6 heteroatoms. The molecular formula is C14H21ClN4O. The highest BCUT2D eigenvalue weighted by molar-refractivity contribution is 6.33. The molecule has 1 amide bonds. The Morgan fingerprint density at radius 1 is 1.30 bits per heavy atom. The lowest BCUT2D eigenvalue weighted by Gasteiger charge is -2.33. The van der Waals surface area contributed by atoms with Crippen molar-refractivity contribution in [3.05, 3.63) is 23.2 Å². The molecule has 20 heavy (non-hydrogen) atoms. The van der Waals surface area contributed by atoms with E-state index in [0.717, 1.165) is 32.7 Å². The molecule has 0 aliphatic carbocycles. The van der Waals surface area contributed by atoms with Crippen molar-refractivity contribution in [3.8, 4) is 0 Å². The van der Waals surface area contributed by atoms with Gasteiger partial charge in [0.1, 0.15) is 0 Å². The van der Waals surface area contributed by atoms with E-state index in [0.29, 0.717) is 22.9 Å². The molecule has 2 rings (SSSR count). The molecule has 5 nitrogen and oxygen atoms in total. The molecule has 1 aromatic carbocycles. The molecule has 1 heterocycles. The minimum absolute atomic E-state index is 0.0533. The number of carbonyl (C=O) groups is 1. The molecule has 3 N–H and O–H groups in total. The predicted molar refractivity (Wildman–Crippen MR) is 83.0 cm³/mol. The van der Waals surface area contributed by atoms with Crippen LogP contribution in [0.4, 0.5) is 11.4 Å². The number of hydrogen-bond donors (Lipinski definition) is 2. The third-order valence-electron chi connectivity index (χ3n) is 3.54. The quantitative estimate of drug-likeness (QED) is 0.827. The number of nitrogens with one attached hydrogen (secondary N) is 1. The Morgan fingerprint density at radius 3 is 2.60 bits per heavy atom. The van der Waals surface area contributed by atoms with Gasteiger partial charge in [0, 0.05) is 31.9 Å². The molecular weight excluding hydrogens is 276 g/mol. The smallest absolute Gasteiger partial charge is 0.238 e. The lowest BCUT2D eigenvalue weighted by Crippen LogP contribution is -2.48. The van der Waals surface area contributed by atoms with Gasteiger partial charge < -0.3 is 16.0 Å². The maximum Gasteiger partial charge on any atom is 0.238 e. The zero-order chi connectivity index (χ0) is 14.5. The summed E-state index contributed by atoms with van der Waals surface area (Å²) in [6.07, 6.45) is 0. The topological polar surface area (TPSA) is 61.6 Å². The molecule has 0 unspecified atom stereocenters. The average molecular weight is 297 g/mol. The standard InChI is InChI=1S/C14H21ClN4O/c1-2-18-5-7-19(8-6-18)10-14(20)17-13-9-11(16)3-4-12(13)15/h3-4,9H,2,5-8,10,16H2,1H3,(H,17,20). The molecule has 0 saturated carbocycles. The SMILES string of the molecule is CCN1CCN(CC(=O)Nc2cc(N)ccc2Cl)CC1. The highest BCUT2D eigenvalue weighted by Crippen LogP contribution is 2.23. The van der Waals surface area contributed by atoms with Crippen molar-refractivity contribution < 1.29 is 4.79 Å². The van der Waals surface area contributed by atoms with E-state index in [9.17, 15) is 4.79 Å². The third kappa shape index (κ3) is 4.10. The number of piperazine rings is 1. The third-order valence-corrected chi connectivity index (χ3v) is 3.87. The van der Waals surface area contributed by atoms with Gasteiger partial charge in [0.15, 0.2) is 0 Å². The minimum Gasteiger partial charge on any atom is -0.399 e. The van der Waals surface area contributed by atoms with E-state index in [1.54, 1.807) is 18.2 Å². The van der Waals surface area contributed by atoms with Gasteiger partial charge >= 0.3 is 0 Å². The van der Waals surface area contributed by atoms with Gasteiger partial charge in [0.05, 0.1) is 17.3 Å². The number of rotatable bonds is 4. The summed E-state index contributed by atoms with van der Waals surface area (Å²) >= 11 is 6.03. The van der Waals surface area contributed by atoms with Crippen LogP contribution >= 0.6 is 11.6 Å². The van der Waals surface area contributed by atoms with Crippen LogP contribution in [0.3, 0.4) is 0 Å². The monoisotopic (exact) mass is 296 g/mol. The number of anilines is 2. The lowest BCUT2D eigenvalue weighted by molar-refractivity contribution is -0.117. The maximum atomic E-state index is 12.0. The molecule has 0 radical (unpaired) electrons. The summed E-state index contributed by atoms with van der Waals surface area (Å²) in [7, 11) is 0. The van der Waals surface area contributed by atoms with Gasteiger partial charge in [0.2, 0.25) is 5.91 Å². The van der Waals surface area contributed by atoms with Crippen LogP contribution in [0.15, 0.2) is 18.2 Å². The number of likely N-dealkylation sites (N-methyl/N-ethyl adjacent to an activating group) is 1. The first-order chi connectivity index (χ1) is 9.58. The van der Waals surface area contributed by atoms with Gasteiger partial charge in [-0.2, -0.15) is 0 Å². The second-order valence-corrected chi connectivity index (χ2v) is 5.41. The fraction of sp³-hybridized carbons (Fsp3) is 0.500. The Labute approximate surface area is 124 Å². The van der Waals surface area contributed by atoms with Gasteiger partial charge in [-0.1, -0.05) is 18.5 Å². The van der Waals surface area contributed by atoms with Crippen LogP contribution in [0.1, 0.15) is 6.92 Å². The molecule has 1 saturated heterocycles. The van der Waals surface area contributed by atoms with Gasteiger partial charge in [-0.05, 0) is 24.7 Å². The Balaban J connectivity index is 1.85. The van der Waals surface area contributed by atoms with Gasteiger partial charge in [-0.3, -0.25) is 9.69 Å². The first kappa shape index (κ1) is 15.1. The minimum atomic E-state index is -0.0533. The fourth-order valence-corrected chi connectivity index (χ4v) is 2.46. The van der Waals surface area contributed by atoms with Crippen LogP contribution in [-0.4, -0.2) is 55.0 Å². The van der Waals surface area contributed by atoms with E-state index in [1.165, 1.54) is 0 Å². The molecule has 1 aromatic rings. The summed E-state index contributed by atoms with van der Waals surface area (Å²) < 4.78 is 0. The number of halogens is 1. The fourth-order valence-electron chi connectivity index (χ4n) is 2.30. The number of nitrogens with two attached hydrogens (primary N) is 1. The molecule has 0 spiro atoms. The lowest BCUT2D eigenvalue weighted by atomic mass is 10.2. The van der Waals surface area contributed by atoms with Gasteiger partial charge in [0.25, 0.3) is 0 Å². The van der Waals surface area contributed by atoms with E-state index in [1.807, 2.05) is 0 Å². The Morgan fingerprint density at radius 2 is 1.95 bits per heavy atom. The first-order valence-electron chi connectivity index (χ1n) is 6.88. The summed E-state index contributed by atoms with van der Waals surface area (Å²) in [6.45, 7) is 7.50. The normalized spacial score (nSPS) is 17.1. The van der Waals surface area contributed by atoms with Crippen LogP contribution in [-0.2, 0) is 4.79 Å². The molecule has 1 aliphatic heterocycles. The molecule has 0 aromatic heterocycles. The molecule has 1 aliphatic rings. The summed E-state index contributed by atoms with van der Waals surface area (Å²) in [5.41, 5.74) is 6.85. The molecule has 110 valence electrons. The second-order valence-electron chi connectivity index (χ2n) is 5.00. The zero-order valence-electron chi connectivity index (χ0n) is 11.7. The van der Waals surface area contributed by atoms with E-state index in [-0.39, 0.29) is 5.91 Å². The van der Waals surface area contributed by atoms with Gasteiger partial charge in [-0.15, -0.1) is 0 Å². The summed E-state index contributed by atoms with van der Waals surface area (Å²) in [4.78, 5) is 16.6. The predicted octanol–water partition coefficient (Wildman–Crippen LogP) is 1.50. The van der Waals surface area contributed by atoms with Crippen molar-refractivity contribution in [2.75, 3.05) is 50.3 Å². The van der Waals surface area contributed by atoms with Crippen molar-refractivity contribution in [3.63, 3.8) is 0 Å². The van der Waals surface area contributed by atoms with E-state index >= 15 is 0 Å². The van der Waals surface area contributed by atoms with Crippen molar-refractivity contribution in [1.82, 2.24) is 9.80 Å². The number of benzene rings is 1. The first-order valence-corrected chi connectivity index (χ1v) is 7.26. The summed E-state index contributed by atoms with van der Waals surface area (Å²) in [6, 6.07) is 5.07. The zero-order valence-corrected chi connectivity index (χ0v) is 12.5. The Bertz CT molecular complexity index is 472. The Hall–Kier alpha value is -1.30. The highest BCUT2D eigenvalue weighted by atomic mass is 35.5.